The fourth-order valence-corrected chi connectivity index (χ4v) is 6.43. The lowest BCUT2D eigenvalue weighted by molar-refractivity contribution is 0.483. The van der Waals surface area contributed by atoms with Gasteiger partial charge in [0.15, 0.2) is 0 Å². The molecule has 7 heteroatoms. The van der Waals surface area contributed by atoms with Crippen LogP contribution in [0.3, 0.4) is 0 Å². The molecule has 0 aliphatic carbocycles. The maximum absolute atomic E-state index is 6.46. The average molecular weight is 674 g/mol. The number of hydrogen-bond acceptors (Lipinski definition) is 6. The highest BCUT2D eigenvalue weighted by Crippen LogP contribution is 2.38. The summed E-state index contributed by atoms with van der Waals surface area (Å²) in [6.45, 7) is 2.08. The third-order valence-electron chi connectivity index (χ3n) is 8.99. The quantitative estimate of drug-likeness (QED) is 0.160. The minimum atomic E-state index is 0.541. The first-order chi connectivity index (χ1) is 25.6. The summed E-state index contributed by atoms with van der Waals surface area (Å²) < 4.78 is 15.0. The number of hydrogen-bond donors (Lipinski definition) is 0. The van der Waals surface area contributed by atoms with E-state index in [0.29, 0.717) is 28.9 Å². The Balaban J connectivity index is 1.13. The Morgan fingerprint density at radius 1 is 0.423 bits per heavy atom. The Morgan fingerprint density at radius 3 is 1.44 bits per heavy atom. The molecule has 0 atom stereocenters. The van der Waals surface area contributed by atoms with Crippen molar-refractivity contribution in [2.75, 3.05) is 0 Å². The Labute approximate surface area is 300 Å². The summed E-state index contributed by atoms with van der Waals surface area (Å²) in [4.78, 5) is 18.8. The normalized spacial score (nSPS) is 11.2. The molecule has 0 radical (unpaired) electrons. The standard InChI is InChI=1S/C45H31N5O2/c1-30-14-16-31(17-15-30)34-28-48-45(49-29-34)50-43-26-37(51-35-10-6-8-32(24-35)41-12-2-4-22-46-41)18-20-39(43)40-21-19-38(27-44(40)50)52-36-11-7-9-33(25-36)42-13-3-5-23-47-42/h2-29H,1H3. The van der Waals surface area contributed by atoms with Crippen molar-refractivity contribution in [1.82, 2.24) is 24.5 Å². The smallest absolute Gasteiger partial charge is 0.234 e. The lowest BCUT2D eigenvalue weighted by Gasteiger charge is -2.11. The summed E-state index contributed by atoms with van der Waals surface area (Å²) in [7, 11) is 0. The number of pyridine rings is 2. The van der Waals surface area contributed by atoms with Crippen molar-refractivity contribution in [2.45, 2.75) is 6.92 Å². The van der Waals surface area contributed by atoms with E-state index in [1.165, 1.54) is 5.56 Å². The lowest BCUT2D eigenvalue weighted by Crippen LogP contribution is -2.01. The molecule has 52 heavy (non-hydrogen) atoms. The fourth-order valence-electron chi connectivity index (χ4n) is 6.43. The number of aryl methyl sites for hydroxylation is 1. The van der Waals surface area contributed by atoms with Crippen LogP contribution in [0.1, 0.15) is 5.56 Å². The van der Waals surface area contributed by atoms with Gasteiger partial charge in [-0.1, -0.05) is 66.2 Å². The molecule has 0 fully saturated rings. The molecule has 0 spiro atoms. The van der Waals surface area contributed by atoms with Crippen molar-refractivity contribution >= 4 is 21.8 Å². The molecule has 0 aliphatic rings. The van der Waals surface area contributed by atoms with Gasteiger partial charge in [-0.05, 0) is 85.3 Å². The predicted octanol–water partition coefficient (Wildman–Crippen LogP) is 11.3. The predicted molar refractivity (Wildman–Crippen MR) is 206 cm³/mol. The third-order valence-corrected chi connectivity index (χ3v) is 8.99. The number of ether oxygens (including phenoxy) is 2. The van der Waals surface area contributed by atoms with Crippen molar-refractivity contribution in [3.8, 4) is 62.6 Å². The largest absolute Gasteiger partial charge is 0.457 e. The second-order valence-corrected chi connectivity index (χ2v) is 12.5. The topological polar surface area (TPSA) is 75.0 Å². The summed E-state index contributed by atoms with van der Waals surface area (Å²) in [5, 5.41) is 2.08. The molecular weight excluding hydrogens is 643 g/mol. The SMILES string of the molecule is Cc1ccc(-c2cnc(-n3c4cc(Oc5cccc(-c6ccccn6)c5)ccc4c4ccc(Oc5cccc(-c6ccccn6)c5)cc43)nc2)cc1. The summed E-state index contributed by atoms with van der Waals surface area (Å²) in [6.07, 6.45) is 7.33. The van der Waals surface area contributed by atoms with Crippen molar-refractivity contribution in [1.29, 1.82) is 0 Å². The first kappa shape index (κ1) is 30.9. The van der Waals surface area contributed by atoms with Gasteiger partial charge in [0.05, 0.1) is 22.4 Å². The minimum Gasteiger partial charge on any atom is -0.457 e. The maximum Gasteiger partial charge on any atom is 0.234 e. The Bertz CT molecular complexity index is 2530. The van der Waals surface area contributed by atoms with E-state index in [2.05, 4.69) is 57.9 Å². The van der Waals surface area contributed by atoms with Gasteiger partial charge in [0, 0.05) is 64.4 Å². The van der Waals surface area contributed by atoms with Gasteiger partial charge in [-0.3, -0.25) is 14.5 Å². The molecule has 7 nitrogen and oxygen atoms in total. The number of rotatable bonds is 8. The maximum atomic E-state index is 6.46. The van der Waals surface area contributed by atoms with Crippen molar-refractivity contribution in [3.05, 3.63) is 176 Å². The second-order valence-electron chi connectivity index (χ2n) is 12.5. The molecule has 0 aliphatic heterocycles. The van der Waals surface area contributed by atoms with Crippen LogP contribution in [0.5, 0.6) is 23.0 Å². The van der Waals surface area contributed by atoms with Gasteiger partial charge >= 0.3 is 0 Å². The van der Waals surface area contributed by atoms with Crippen LogP contribution in [0.15, 0.2) is 170 Å². The van der Waals surface area contributed by atoms with Gasteiger partial charge in [0.2, 0.25) is 5.95 Å². The zero-order valence-corrected chi connectivity index (χ0v) is 28.2. The minimum absolute atomic E-state index is 0.541. The molecule has 248 valence electrons. The number of fused-ring (bicyclic) bond motifs is 3. The number of nitrogens with zero attached hydrogens (tertiary/aromatic N) is 5. The lowest BCUT2D eigenvalue weighted by atomic mass is 10.1. The van der Waals surface area contributed by atoms with E-state index >= 15 is 0 Å². The first-order valence-electron chi connectivity index (χ1n) is 17.0. The first-order valence-corrected chi connectivity index (χ1v) is 17.0. The van der Waals surface area contributed by atoms with Gasteiger partial charge in [-0.15, -0.1) is 0 Å². The highest BCUT2D eigenvalue weighted by Gasteiger charge is 2.17. The Kier molecular flexibility index (Phi) is 7.91. The van der Waals surface area contributed by atoms with Gasteiger partial charge < -0.3 is 9.47 Å². The molecule has 4 aromatic heterocycles. The van der Waals surface area contributed by atoms with Crippen LogP contribution in [0.25, 0.3) is 61.4 Å². The summed E-state index contributed by atoms with van der Waals surface area (Å²) >= 11 is 0. The van der Waals surface area contributed by atoms with E-state index in [-0.39, 0.29) is 0 Å². The van der Waals surface area contributed by atoms with Crippen LogP contribution in [0, 0.1) is 6.92 Å². The zero-order valence-electron chi connectivity index (χ0n) is 28.2. The average Bonchev–Trinajstić information content (AvgIpc) is 3.52. The Hall–Kier alpha value is -7.12. The molecule has 0 N–H and O–H groups in total. The third kappa shape index (κ3) is 6.12. The van der Waals surface area contributed by atoms with Crippen molar-refractivity contribution in [3.63, 3.8) is 0 Å². The van der Waals surface area contributed by atoms with Crippen LogP contribution in [0.4, 0.5) is 0 Å². The Morgan fingerprint density at radius 2 is 0.942 bits per heavy atom. The van der Waals surface area contributed by atoms with E-state index < -0.39 is 0 Å². The summed E-state index contributed by atoms with van der Waals surface area (Å²) in [6, 6.07) is 48.3. The second kappa shape index (κ2) is 13.3. The summed E-state index contributed by atoms with van der Waals surface area (Å²) in [5.74, 6) is 3.35. The van der Waals surface area contributed by atoms with E-state index in [1.807, 2.05) is 122 Å². The van der Waals surface area contributed by atoms with Gasteiger partial charge in [-0.25, -0.2) is 9.97 Å². The highest BCUT2D eigenvalue weighted by molar-refractivity contribution is 6.09. The molecule has 5 aromatic carbocycles. The van der Waals surface area contributed by atoms with Gasteiger partial charge in [0.1, 0.15) is 23.0 Å². The molecule has 0 unspecified atom stereocenters. The van der Waals surface area contributed by atoms with Crippen LogP contribution in [-0.4, -0.2) is 24.5 Å². The molecule has 9 aromatic rings. The molecule has 0 bridgehead atoms. The molecular formula is C45H31N5O2. The van der Waals surface area contributed by atoms with Gasteiger partial charge in [0.25, 0.3) is 0 Å². The van der Waals surface area contributed by atoms with Crippen LogP contribution in [0.2, 0.25) is 0 Å². The van der Waals surface area contributed by atoms with E-state index in [1.54, 1.807) is 12.4 Å². The van der Waals surface area contributed by atoms with Crippen LogP contribution >= 0.6 is 0 Å². The fraction of sp³-hybridized carbons (Fsp3) is 0.0222. The van der Waals surface area contributed by atoms with Crippen molar-refractivity contribution in [2.24, 2.45) is 0 Å². The van der Waals surface area contributed by atoms with Crippen LogP contribution in [-0.2, 0) is 0 Å². The van der Waals surface area contributed by atoms with Crippen molar-refractivity contribution < 1.29 is 9.47 Å². The highest BCUT2D eigenvalue weighted by atomic mass is 16.5. The molecule has 4 heterocycles. The van der Waals surface area contributed by atoms with E-state index in [0.717, 1.165) is 55.4 Å². The molecule has 9 rings (SSSR count). The number of aromatic nitrogens is 5. The molecule has 0 amide bonds. The van der Waals surface area contributed by atoms with Crippen LogP contribution < -0.4 is 9.47 Å². The summed E-state index contributed by atoms with van der Waals surface area (Å²) in [5.41, 5.74) is 8.75. The number of benzene rings is 5. The molecule has 0 saturated heterocycles. The van der Waals surface area contributed by atoms with E-state index in [4.69, 9.17) is 19.4 Å². The molecule has 0 saturated carbocycles. The zero-order chi connectivity index (χ0) is 34.9. The monoisotopic (exact) mass is 673 g/mol. The van der Waals surface area contributed by atoms with E-state index in [9.17, 15) is 0 Å². The van der Waals surface area contributed by atoms with Gasteiger partial charge in [-0.2, -0.15) is 0 Å².